The molecule has 0 bridgehead atoms. The molecular formula is C46H42BClF3KN10O8. The van der Waals surface area contributed by atoms with Crippen molar-refractivity contribution in [1.82, 2.24) is 49.3 Å². The molecule has 2 amide bonds. The fourth-order valence-electron chi connectivity index (χ4n) is 6.32. The van der Waals surface area contributed by atoms with Gasteiger partial charge in [0.1, 0.15) is 0 Å². The van der Waals surface area contributed by atoms with Gasteiger partial charge in [-0.25, -0.2) is 33.9 Å². The number of aliphatic hydroxyl groups is 2. The Bertz CT molecular complexity index is 2960. The SMILES string of the molecule is CN1CC[C@@](O)(C#Cc2c[c-]ccc2)C1=O.COC(=O)c1cc(-n2nccc2C)nc(-c2cccc(C#C[C@]3(O)CCN(C)C3=O)c2)n1.COC(=O)c1cc(-n2nccc2C)nc(Cl)n1.FB(F)F.[K+]. The molecule has 24 heteroatoms. The minimum atomic E-state index is -3.67. The molecule has 2 fully saturated rings. The van der Waals surface area contributed by atoms with Crippen molar-refractivity contribution in [2.24, 2.45) is 0 Å². The maximum absolute atomic E-state index is 12.2. The van der Waals surface area contributed by atoms with Gasteiger partial charge >= 0.3 is 70.9 Å². The van der Waals surface area contributed by atoms with E-state index >= 15 is 0 Å². The van der Waals surface area contributed by atoms with Crippen molar-refractivity contribution in [3.63, 3.8) is 0 Å². The number of carbonyl (C=O) groups excluding carboxylic acids is 4. The van der Waals surface area contributed by atoms with Gasteiger partial charge in [-0.3, -0.25) is 22.5 Å². The average molecular weight is 1010 g/mol. The Morgan fingerprint density at radius 2 is 1.23 bits per heavy atom. The van der Waals surface area contributed by atoms with Crippen LogP contribution in [0.1, 0.15) is 56.3 Å². The van der Waals surface area contributed by atoms with Crippen molar-refractivity contribution in [3.05, 3.63) is 130 Å². The van der Waals surface area contributed by atoms with E-state index in [2.05, 4.69) is 64.6 Å². The third-order valence-corrected chi connectivity index (χ3v) is 10.1. The summed E-state index contributed by atoms with van der Waals surface area (Å²) in [5.41, 5.74) is 0.628. The number of methoxy groups -OCH3 is 2. The van der Waals surface area contributed by atoms with E-state index in [0.717, 1.165) is 17.0 Å². The number of nitrogens with zero attached hydrogens (tertiary/aromatic N) is 10. The maximum atomic E-state index is 12.2. The summed E-state index contributed by atoms with van der Waals surface area (Å²) in [5.74, 6) is 10.3. The first-order chi connectivity index (χ1) is 32.8. The molecule has 2 aliphatic rings. The van der Waals surface area contributed by atoms with Gasteiger partial charge < -0.3 is 29.5 Å². The number of aryl methyl sites for hydroxylation is 2. The van der Waals surface area contributed by atoms with E-state index in [1.807, 2.05) is 38.1 Å². The Hall–Kier alpha value is -6.28. The summed E-state index contributed by atoms with van der Waals surface area (Å²) in [6, 6.07) is 23.7. The zero-order valence-corrected chi connectivity index (χ0v) is 42.7. The molecule has 0 aliphatic carbocycles. The van der Waals surface area contributed by atoms with Gasteiger partial charge in [-0.05, 0) is 49.7 Å². The average Bonchev–Trinajstić information content (AvgIpc) is 4.11. The first-order valence-electron chi connectivity index (χ1n) is 20.4. The second-order valence-corrected chi connectivity index (χ2v) is 15.2. The van der Waals surface area contributed by atoms with E-state index in [4.69, 9.17) is 16.3 Å². The molecule has 2 N–H and O–H groups in total. The molecule has 356 valence electrons. The van der Waals surface area contributed by atoms with Crippen molar-refractivity contribution in [3.8, 4) is 46.7 Å². The number of hydrogen-bond donors (Lipinski definition) is 2. The van der Waals surface area contributed by atoms with Crippen LogP contribution < -0.4 is 51.4 Å². The van der Waals surface area contributed by atoms with E-state index in [9.17, 15) is 42.3 Å². The topological polar surface area (TPSA) is 221 Å². The van der Waals surface area contributed by atoms with Crippen molar-refractivity contribution in [2.45, 2.75) is 37.9 Å². The fourth-order valence-corrected chi connectivity index (χ4v) is 6.50. The minimum Gasteiger partial charge on any atom is -0.464 e. The second-order valence-electron chi connectivity index (χ2n) is 14.9. The van der Waals surface area contributed by atoms with Crippen LogP contribution in [0.15, 0.2) is 85.2 Å². The third-order valence-electron chi connectivity index (χ3n) is 9.96. The van der Waals surface area contributed by atoms with E-state index < -0.39 is 36.6 Å². The monoisotopic (exact) mass is 1000 g/mol. The molecule has 4 aromatic heterocycles. The molecule has 0 unspecified atom stereocenters. The van der Waals surface area contributed by atoms with Crippen LogP contribution in [0.4, 0.5) is 12.9 Å². The maximum Gasteiger partial charge on any atom is 1.00 e. The van der Waals surface area contributed by atoms with Crippen LogP contribution in [0.3, 0.4) is 0 Å². The molecule has 0 spiro atoms. The normalized spacial score (nSPS) is 16.5. The van der Waals surface area contributed by atoms with Crippen molar-refractivity contribution < 1.29 is 103 Å². The zero-order valence-electron chi connectivity index (χ0n) is 38.8. The molecule has 0 saturated carbocycles. The molecule has 0 radical (unpaired) electrons. The molecular weight excluding hydrogens is 963 g/mol. The van der Waals surface area contributed by atoms with Crippen LogP contribution in [0.25, 0.3) is 23.0 Å². The van der Waals surface area contributed by atoms with E-state index in [1.54, 1.807) is 72.3 Å². The predicted octanol–water partition coefficient (Wildman–Crippen LogP) is 1.10. The van der Waals surface area contributed by atoms with Gasteiger partial charge in [-0.2, -0.15) is 45.5 Å². The number of halogens is 4. The van der Waals surface area contributed by atoms with Crippen LogP contribution in [0.2, 0.25) is 5.28 Å². The zero-order chi connectivity index (χ0) is 50.5. The summed E-state index contributed by atoms with van der Waals surface area (Å²) in [7, 11) is 2.19. The van der Waals surface area contributed by atoms with Gasteiger partial charge in [0.15, 0.2) is 28.8 Å². The number of rotatable bonds is 5. The van der Waals surface area contributed by atoms with E-state index in [1.165, 1.54) is 36.2 Å². The number of benzene rings is 2. The Kier molecular flexibility index (Phi) is 20.5. The molecule has 2 aromatic carbocycles. The van der Waals surface area contributed by atoms with Crippen LogP contribution in [-0.4, -0.2) is 143 Å². The van der Waals surface area contributed by atoms with Crippen molar-refractivity contribution in [1.29, 1.82) is 0 Å². The Morgan fingerprint density at radius 3 is 1.67 bits per heavy atom. The molecule has 8 rings (SSSR count). The summed E-state index contributed by atoms with van der Waals surface area (Å²) in [6.45, 7) is 4.73. The number of ether oxygens (including phenoxy) is 2. The van der Waals surface area contributed by atoms with Crippen LogP contribution in [0.5, 0.6) is 0 Å². The van der Waals surface area contributed by atoms with Crippen LogP contribution in [0, 0.1) is 43.6 Å². The molecule has 18 nitrogen and oxygen atoms in total. The second kappa shape index (κ2) is 25.5. The van der Waals surface area contributed by atoms with Gasteiger partial charge in [-0.1, -0.05) is 35.5 Å². The molecule has 2 atom stereocenters. The number of aromatic nitrogens is 8. The summed E-state index contributed by atoms with van der Waals surface area (Å²) >= 11 is 5.75. The fraction of sp³-hybridized carbons (Fsp3) is 0.261. The van der Waals surface area contributed by atoms with Crippen molar-refractivity contribution in [2.75, 3.05) is 41.4 Å². The Morgan fingerprint density at radius 1 is 0.743 bits per heavy atom. The van der Waals surface area contributed by atoms with Crippen LogP contribution in [-0.2, 0) is 19.1 Å². The Balaban J connectivity index is 0.000000237. The third kappa shape index (κ3) is 14.9. The molecule has 6 heterocycles. The van der Waals surface area contributed by atoms with Gasteiger partial charge in [-0.15, -0.1) is 5.92 Å². The largest absolute Gasteiger partial charge is 1.00 e. The number of likely N-dealkylation sites (N-methyl/N-ethyl adjacent to an activating group) is 2. The Labute approximate surface area is 448 Å². The number of hydrogen-bond acceptors (Lipinski definition) is 14. The van der Waals surface area contributed by atoms with E-state index in [0.29, 0.717) is 42.3 Å². The summed E-state index contributed by atoms with van der Waals surface area (Å²) in [6.07, 6.45) is 3.89. The molecule has 6 aromatic rings. The number of carbonyl (C=O) groups is 4. The standard InChI is InChI=1S/C23H21N5O4.C13H12NO2.C10H9ClN4O2.BF3.K/c1-15-8-11-24-28(15)19-14-18(21(29)32-3)25-20(26-19)17-6-4-5-16(13-17)7-9-23(31)10-12-27(2)22(23)30;1-14-10-9-13(16,12(14)15)8-7-11-5-3-2-4-6-11;1-6-3-4-12-15(6)8-5-7(9(16)17-2)13-10(11)14-8;2-1(3)4;/h4-6,8,11,13-14,31H,10,12H2,1-3H3;2-3,5-6,16H,9-10H2,1H3;3-5H,1-2H3;;/q;-1;;;+1/t23-;13-;;;/m00.../s1. The smallest absolute Gasteiger partial charge is 0.464 e. The molecule has 2 saturated heterocycles. The van der Waals surface area contributed by atoms with Gasteiger partial charge in [0.05, 0.1) is 14.2 Å². The van der Waals surface area contributed by atoms with Gasteiger partial charge in [0, 0.05) is 87.1 Å². The predicted molar refractivity (Wildman–Crippen MR) is 243 cm³/mol. The first-order valence-corrected chi connectivity index (χ1v) is 20.8. The molecule has 70 heavy (non-hydrogen) atoms. The summed E-state index contributed by atoms with van der Waals surface area (Å²) in [4.78, 5) is 66.9. The molecule has 2 aliphatic heterocycles. The summed E-state index contributed by atoms with van der Waals surface area (Å²) < 4.78 is 41.6. The van der Waals surface area contributed by atoms with Gasteiger partial charge in [0.2, 0.25) is 16.5 Å². The van der Waals surface area contributed by atoms with Crippen molar-refractivity contribution >= 4 is 42.9 Å². The quantitative estimate of drug-likeness (QED) is 0.0813. The number of amides is 2. The number of likely N-dealkylation sites (tertiary alicyclic amines) is 2. The number of esters is 2. The first kappa shape index (κ1) is 56.3. The summed E-state index contributed by atoms with van der Waals surface area (Å²) in [5, 5.41) is 28.8. The van der Waals surface area contributed by atoms with Gasteiger partial charge in [0.25, 0.3) is 11.8 Å². The van der Waals surface area contributed by atoms with E-state index in [-0.39, 0.29) is 86.2 Å². The van der Waals surface area contributed by atoms with Crippen LogP contribution >= 0.6 is 11.6 Å². The minimum absolute atomic E-state index is 0.